The molecule has 138 valence electrons. The quantitative estimate of drug-likeness (QED) is 0.713. The number of nitrogens with zero attached hydrogens (tertiary/aromatic N) is 6. The number of anilines is 2. The molecule has 0 atom stereocenters. The van der Waals surface area contributed by atoms with Gasteiger partial charge in [-0.05, 0) is 47.5 Å². The zero-order valence-corrected chi connectivity index (χ0v) is 15.3. The Labute approximate surface area is 158 Å². The Morgan fingerprint density at radius 2 is 1.63 bits per heavy atom. The fourth-order valence-electron chi connectivity index (χ4n) is 3.50. The van der Waals surface area contributed by atoms with Crippen LogP contribution in [0.5, 0.6) is 0 Å². The second-order valence-corrected chi connectivity index (χ2v) is 6.72. The number of carbonyl (C=O) groups is 1. The van der Waals surface area contributed by atoms with Gasteiger partial charge in [0.1, 0.15) is 0 Å². The van der Waals surface area contributed by atoms with E-state index in [0.29, 0.717) is 0 Å². The normalized spacial score (nSPS) is 14.9. The number of tetrazole rings is 1. The smallest absolute Gasteiger partial charge is 0.250 e. The van der Waals surface area contributed by atoms with Crippen molar-refractivity contribution in [2.75, 3.05) is 29.9 Å². The van der Waals surface area contributed by atoms with Crippen molar-refractivity contribution in [1.82, 2.24) is 20.2 Å². The first-order chi connectivity index (χ1) is 13.2. The summed E-state index contributed by atoms with van der Waals surface area (Å²) < 4.78 is 1.75. The minimum Gasteiger partial charge on any atom is -0.339 e. The van der Waals surface area contributed by atoms with Crippen molar-refractivity contribution in [3.05, 3.63) is 60.7 Å². The van der Waals surface area contributed by atoms with Gasteiger partial charge in [0, 0.05) is 31.7 Å². The summed E-state index contributed by atoms with van der Waals surface area (Å²) in [5.41, 5.74) is 1.86. The number of aromatic nitrogens is 4. The van der Waals surface area contributed by atoms with Gasteiger partial charge in [0.2, 0.25) is 11.9 Å². The van der Waals surface area contributed by atoms with Crippen LogP contribution in [0.3, 0.4) is 0 Å². The van der Waals surface area contributed by atoms with Crippen LogP contribution in [-0.4, -0.2) is 46.3 Å². The molecule has 1 amide bonds. The van der Waals surface area contributed by atoms with E-state index in [9.17, 15) is 4.79 Å². The van der Waals surface area contributed by atoms with E-state index in [-0.39, 0.29) is 11.8 Å². The molecule has 0 radical (unpaired) electrons. The minimum absolute atomic E-state index is 0.0208. The number of rotatable bonds is 4. The topological polar surface area (TPSA) is 67.2 Å². The maximum absolute atomic E-state index is 12.8. The van der Waals surface area contributed by atoms with Gasteiger partial charge in [-0.15, -0.1) is 0 Å². The molecule has 4 rings (SSSR count). The molecular formula is C20H22N6O. The molecule has 3 aromatic rings. The van der Waals surface area contributed by atoms with Crippen LogP contribution in [0.4, 0.5) is 11.6 Å². The number of carbonyl (C=O) groups excluding carboxylic acids is 1. The molecule has 7 nitrogen and oxygen atoms in total. The fourth-order valence-corrected chi connectivity index (χ4v) is 3.50. The number of amides is 1. The summed E-state index contributed by atoms with van der Waals surface area (Å²) in [6, 6.07) is 19.6. The van der Waals surface area contributed by atoms with Gasteiger partial charge >= 0.3 is 0 Å². The summed E-state index contributed by atoms with van der Waals surface area (Å²) in [7, 11) is 1.85. The van der Waals surface area contributed by atoms with Crippen LogP contribution < -0.4 is 9.80 Å². The Morgan fingerprint density at radius 1 is 1.00 bits per heavy atom. The predicted molar refractivity (Wildman–Crippen MR) is 104 cm³/mol. The van der Waals surface area contributed by atoms with Crippen LogP contribution in [0, 0.1) is 5.92 Å². The molecule has 27 heavy (non-hydrogen) atoms. The summed E-state index contributed by atoms with van der Waals surface area (Å²) >= 11 is 0. The second-order valence-electron chi connectivity index (χ2n) is 6.72. The molecule has 2 aromatic carbocycles. The summed E-state index contributed by atoms with van der Waals surface area (Å²) in [6.45, 7) is 1.51. The number of piperidine rings is 1. The lowest BCUT2D eigenvalue weighted by Gasteiger charge is -2.33. The lowest BCUT2D eigenvalue weighted by Crippen LogP contribution is -2.42. The fraction of sp³-hybridized carbons (Fsp3) is 0.300. The molecule has 1 saturated heterocycles. The van der Waals surface area contributed by atoms with Crippen molar-refractivity contribution in [3.8, 4) is 5.69 Å². The van der Waals surface area contributed by atoms with E-state index in [1.807, 2.05) is 67.7 Å². The highest BCUT2D eigenvalue weighted by molar-refractivity contribution is 5.94. The van der Waals surface area contributed by atoms with E-state index in [1.54, 1.807) is 9.58 Å². The molecule has 1 aliphatic rings. The van der Waals surface area contributed by atoms with Crippen LogP contribution in [0.2, 0.25) is 0 Å². The standard InChI is InChI=1S/C20H22N6O/c1-24(17-8-4-2-5-9-17)19(27)16-12-14-25(15-13-16)20-21-22-23-26(20)18-10-6-3-7-11-18/h2-11,16H,12-15H2,1H3. The van der Waals surface area contributed by atoms with Crippen LogP contribution in [0.25, 0.3) is 5.69 Å². The molecule has 7 heteroatoms. The Morgan fingerprint density at radius 3 is 2.30 bits per heavy atom. The molecule has 1 aromatic heterocycles. The number of hydrogen-bond acceptors (Lipinski definition) is 5. The molecule has 0 N–H and O–H groups in total. The second kappa shape index (κ2) is 7.57. The highest BCUT2D eigenvalue weighted by Crippen LogP contribution is 2.25. The van der Waals surface area contributed by atoms with Gasteiger partial charge in [-0.1, -0.05) is 41.5 Å². The molecule has 0 unspecified atom stereocenters. The third-order valence-electron chi connectivity index (χ3n) is 5.05. The van der Waals surface area contributed by atoms with Crippen molar-refractivity contribution in [1.29, 1.82) is 0 Å². The van der Waals surface area contributed by atoms with Gasteiger partial charge in [0.05, 0.1) is 5.69 Å². The lowest BCUT2D eigenvalue weighted by molar-refractivity contribution is -0.122. The van der Waals surface area contributed by atoms with Crippen molar-refractivity contribution >= 4 is 17.5 Å². The van der Waals surface area contributed by atoms with Crippen molar-refractivity contribution in [2.24, 2.45) is 5.92 Å². The Kier molecular flexibility index (Phi) is 4.82. The van der Waals surface area contributed by atoms with Crippen LogP contribution >= 0.6 is 0 Å². The average Bonchev–Trinajstić information content (AvgIpc) is 3.24. The minimum atomic E-state index is 0.0208. The lowest BCUT2D eigenvalue weighted by atomic mass is 9.95. The Balaban J connectivity index is 1.43. The van der Waals surface area contributed by atoms with E-state index >= 15 is 0 Å². The molecule has 0 saturated carbocycles. The molecule has 0 aliphatic carbocycles. The van der Waals surface area contributed by atoms with Gasteiger partial charge < -0.3 is 9.80 Å². The van der Waals surface area contributed by atoms with E-state index in [2.05, 4.69) is 20.4 Å². The maximum atomic E-state index is 12.8. The van der Waals surface area contributed by atoms with E-state index in [1.165, 1.54) is 0 Å². The molecule has 1 fully saturated rings. The molecule has 0 bridgehead atoms. The maximum Gasteiger partial charge on any atom is 0.250 e. The highest BCUT2D eigenvalue weighted by Gasteiger charge is 2.29. The summed E-state index contributed by atoms with van der Waals surface area (Å²) in [6.07, 6.45) is 1.58. The van der Waals surface area contributed by atoms with Crippen LogP contribution in [-0.2, 0) is 4.79 Å². The zero-order valence-electron chi connectivity index (χ0n) is 15.3. The largest absolute Gasteiger partial charge is 0.339 e. The van der Waals surface area contributed by atoms with Crippen molar-refractivity contribution in [2.45, 2.75) is 12.8 Å². The van der Waals surface area contributed by atoms with Gasteiger partial charge in [-0.25, -0.2) is 0 Å². The number of benzene rings is 2. The van der Waals surface area contributed by atoms with Gasteiger partial charge in [-0.2, -0.15) is 4.68 Å². The molecule has 2 heterocycles. The monoisotopic (exact) mass is 362 g/mol. The van der Waals surface area contributed by atoms with Crippen LogP contribution in [0.15, 0.2) is 60.7 Å². The van der Waals surface area contributed by atoms with Crippen molar-refractivity contribution < 1.29 is 4.79 Å². The first-order valence-corrected chi connectivity index (χ1v) is 9.15. The van der Waals surface area contributed by atoms with Gasteiger partial charge in [0.25, 0.3) is 0 Å². The van der Waals surface area contributed by atoms with Crippen molar-refractivity contribution in [3.63, 3.8) is 0 Å². The van der Waals surface area contributed by atoms with E-state index in [4.69, 9.17) is 0 Å². The van der Waals surface area contributed by atoms with Gasteiger partial charge in [-0.3, -0.25) is 4.79 Å². The highest BCUT2D eigenvalue weighted by atomic mass is 16.2. The van der Waals surface area contributed by atoms with E-state index < -0.39 is 0 Å². The zero-order chi connectivity index (χ0) is 18.6. The molecule has 0 spiro atoms. The summed E-state index contributed by atoms with van der Waals surface area (Å²) in [5, 5.41) is 12.2. The van der Waals surface area contributed by atoms with Gasteiger partial charge in [0.15, 0.2) is 0 Å². The third-order valence-corrected chi connectivity index (χ3v) is 5.05. The third kappa shape index (κ3) is 3.53. The predicted octanol–water partition coefficient (Wildman–Crippen LogP) is 2.54. The average molecular weight is 362 g/mol. The summed E-state index contributed by atoms with van der Waals surface area (Å²) in [5.74, 6) is 0.916. The number of para-hydroxylation sites is 2. The Hall–Kier alpha value is -3.22. The first-order valence-electron chi connectivity index (χ1n) is 9.15. The number of hydrogen-bond donors (Lipinski definition) is 0. The summed E-state index contributed by atoms with van der Waals surface area (Å²) in [4.78, 5) is 16.8. The molecule has 1 aliphatic heterocycles. The van der Waals surface area contributed by atoms with E-state index in [0.717, 1.165) is 43.3 Å². The SMILES string of the molecule is CN(C(=O)C1CCN(c2nnnn2-c2ccccc2)CC1)c1ccccc1. The Bertz CT molecular complexity index is 887. The first kappa shape index (κ1) is 17.2. The van der Waals surface area contributed by atoms with Crippen LogP contribution in [0.1, 0.15) is 12.8 Å². The molecular weight excluding hydrogens is 340 g/mol.